The Morgan fingerprint density at radius 3 is 1.24 bits per heavy atom. The highest BCUT2D eigenvalue weighted by Gasteiger charge is 2.08. The van der Waals surface area contributed by atoms with Crippen LogP contribution >= 0.6 is 24.0 Å². The van der Waals surface area contributed by atoms with Crippen molar-refractivity contribution in [1.29, 1.82) is 10.8 Å². The predicted octanol–water partition coefficient (Wildman–Crippen LogP) is 4.24. The zero-order valence-electron chi connectivity index (χ0n) is 11.0. The maximum atomic E-state index is 8.35. The van der Waals surface area contributed by atoms with Gasteiger partial charge in [-0.05, 0) is 11.1 Å². The van der Waals surface area contributed by atoms with E-state index in [1.54, 1.807) is 0 Å². The quantitative estimate of drug-likeness (QED) is 0.492. The molecule has 6 heteroatoms. The Morgan fingerprint density at radius 1 is 0.762 bits per heavy atom. The summed E-state index contributed by atoms with van der Waals surface area (Å²) >= 11 is 6.33. The van der Waals surface area contributed by atoms with E-state index in [4.69, 9.17) is 32.0 Å². The largest absolute Gasteiger partial charge is 0.231 e. The van der Waals surface area contributed by atoms with Crippen LogP contribution in [-0.4, -0.2) is 12.2 Å². The third-order valence-corrected chi connectivity index (χ3v) is 2.69. The van der Waals surface area contributed by atoms with E-state index in [2.05, 4.69) is 0 Å². The van der Waals surface area contributed by atoms with Gasteiger partial charge in [0.1, 0.15) is 0 Å². The Kier molecular flexibility index (Phi) is 14.3. The summed E-state index contributed by atoms with van der Waals surface area (Å²) in [6.45, 7) is 0. The van der Waals surface area contributed by atoms with Crippen molar-refractivity contribution in [2.24, 2.45) is 0 Å². The van der Waals surface area contributed by atoms with Crippen LogP contribution in [0.3, 0.4) is 0 Å². The second-order valence-electron chi connectivity index (χ2n) is 3.39. The number of nitrogens with one attached hydrogen (secondary N) is 2. The highest BCUT2D eigenvalue weighted by atomic mass is 35.5. The normalized spacial score (nSPS) is 7.71. The summed E-state index contributed by atoms with van der Waals surface area (Å²) in [5.74, 6) is 0. The molecule has 0 aromatic heterocycles. The number of isocyanates is 2. The highest BCUT2D eigenvalue weighted by Crippen LogP contribution is 2.27. The van der Waals surface area contributed by atoms with E-state index in [0.29, 0.717) is 0 Å². The van der Waals surface area contributed by atoms with Crippen LogP contribution in [0.25, 0.3) is 0 Å². The Morgan fingerprint density at radius 2 is 1.00 bits per heavy atom. The number of hydrogen-bond donors (Lipinski definition) is 2. The van der Waals surface area contributed by atoms with E-state index in [1.807, 2.05) is 60.7 Å². The smallest absolute Gasteiger partial charge is 0.222 e. The van der Waals surface area contributed by atoms with Crippen LogP contribution in [0.2, 0.25) is 0 Å². The molecule has 2 N–H and O–H groups in total. The van der Waals surface area contributed by atoms with Gasteiger partial charge in [-0.1, -0.05) is 60.7 Å². The highest BCUT2D eigenvalue weighted by molar-refractivity contribution is 6.22. The first-order valence-corrected chi connectivity index (χ1v) is 5.96. The van der Waals surface area contributed by atoms with Crippen molar-refractivity contribution in [2.45, 2.75) is 5.38 Å². The predicted molar refractivity (Wildman–Crippen MR) is 84.7 cm³/mol. The molecule has 0 saturated carbocycles. The average molecular weight is 325 g/mol. The zero-order chi connectivity index (χ0) is 15.2. The van der Waals surface area contributed by atoms with E-state index in [1.165, 1.54) is 0 Å². The number of rotatable bonds is 2. The first kappa shape index (κ1) is 21.1. The minimum atomic E-state index is -0.0441. The maximum absolute atomic E-state index is 8.35. The molecule has 0 atom stereocenters. The fourth-order valence-corrected chi connectivity index (χ4v) is 1.73. The zero-order valence-corrected chi connectivity index (χ0v) is 12.5. The summed E-state index contributed by atoms with van der Waals surface area (Å²) < 4.78 is 0. The van der Waals surface area contributed by atoms with Crippen molar-refractivity contribution in [3.8, 4) is 0 Å². The molecule has 0 aliphatic rings. The Hall–Kier alpha value is -2.22. The molecular weight excluding hydrogens is 311 g/mol. The van der Waals surface area contributed by atoms with Crippen molar-refractivity contribution in [1.82, 2.24) is 0 Å². The molecule has 2 aromatic carbocycles. The van der Waals surface area contributed by atoms with Crippen molar-refractivity contribution < 1.29 is 9.59 Å². The Bertz CT molecular complexity index is 499. The summed E-state index contributed by atoms with van der Waals surface area (Å²) in [5.41, 5.74) is 2.28. The van der Waals surface area contributed by atoms with Crippen molar-refractivity contribution >= 4 is 36.2 Å². The molecule has 0 radical (unpaired) electrons. The second kappa shape index (κ2) is 14.2. The minimum Gasteiger partial charge on any atom is -0.222 e. The van der Waals surface area contributed by atoms with Crippen LogP contribution in [0.4, 0.5) is 0 Å². The molecular formula is C15H14Cl2N2O2. The lowest BCUT2D eigenvalue weighted by molar-refractivity contribution is 0.562. The van der Waals surface area contributed by atoms with E-state index >= 15 is 0 Å². The Labute approximate surface area is 134 Å². The van der Waals surface area contributed by atoms with Crippen LogP contribution < -0.4 is 0 Å². The van der Waals surface area contributed by atoms with Gasteiger partial charge in [0, 0.05) is 0 Å². The Balaban J connectivity index is 0. The summed E-state index contributed by atoms with van der Waals surface area (Å²) in [5, 5.41) is 10.8. The fourth-order valence-electron chi connectivity index (χ4n) is 1.44. The number of halogens is 2. The van der Waals surface area contributed by atoms with Gasteiger partial charge in [-0.2, -0.15) is 0 Å². The van der Waals surface area contributed by atoms with Gasteiger partial charge in [0.05, 0.1) is 5.38 Å². The molecule has 0 spiro atoms. The van der Waals surface area contributed by atoms with Gasteiger partial charge in [-0.15, -0.1) is 24.0 Å². The first-order chi connectivity index (χ1) is 9.71. The third-order valence-electron chi connectivity index (χ3n) is 2.18. The molecule has 0 amide bonds. The van der Waals surface area contributed by atoms with E-state index < -0.39 is 0 Å². The van der Waals surface area contributed by atoms with E-state index in [-0.39, 0.29) is 17.8 Å². The molecule has 0 bridgehead atoms. The minimum absolute atomic E-state index is 0. The van der Waals surface area contributed by atoms with Gasteiger partial charge < -0.3 is 0 Å². The van der Waals surface area contributed by atoms with Gasteiger partial charge in [-0.3, -0.25) is 0 Å². The lowest BCUT2D eigenvalue weighted by Crippen LogP contribution is -1.91. The van der Waals surface area contributed by atoms with Crippen LogP contribution in [0.1, 0.15) is 16.5 Å². The molecule has 0 aliphatic heterocycles. The molecule has 2 rings (SSSR count). The van der Waals surface area contributed by atoms with Gasteiger partial charge in [0.25, 0.3) is 0 Å². The van der Waals surface area contributed by atoms with E-state index in [9.17, 15) is 0 Å². The fraction of sp³-hybridized carbons (Fsp3) is 0.0667. The molecule has 0 fully saturated rings. The lowest BCUT2D eigenvalue weighted by atomic mass is 10.0. The molecule has 0 heterocycles. The maximum Gasteiger partial charge on any atom is 0.231 e. The summed E-state index contributed by atoms with van der Waals surface area (Å²) in [6, 6.07) is 20.2. The van der Waals surface area contributed by atoms with Gasteiger partial charge >= 0.3 is 0 Å². The van der Waals surface area contributed by atoms with E-state index in [0.717, 1.165) is 23.3 Å². The molecule has 0 aliphatic carbocycles. The number of benzene rings is 2. The molecule has 0 saturated heterocycles. The molecule has 21 heavy (non-hydrogen) atoms. The van der Waals surface area contributed by atoms with Crippen LogP contribution in [0, 0.1) is 10.8 Å². The van der Waals surface area contributed by atoms with Gasteiger partial charge in [0.2, 0.25) is 12.2 Å². The number of hydrogen-bond acceptors (Lipinski definition) is 4. The molecule has 2 aromatic rings. The molecule has 0 unspecified atom stereocenters. The second-order valence-corrected chi connectivity index (χ2v) is 3.82. The van der Waals surface area contributed by atoms with Crippen LogP contribution in [0.5, 0.6) is 0 Å². The number of carbonyl (C=O) groups excluding carboxylic acids is 2. The van der Waals surface area contributed by atoms with Crippen molar-refractivity contribution in [3.63, 3.8) is 0 Å². The molecule has 4 nitrogen and oxygen atoms in total. The topological polar surface area (TPSA) is 81.8 Å². The SMILES string of the molecule is Cl.ClC(c1ccccc1)c1ccccc1.N=C=O.N=C=O. The summed E-state index contributed by atoms with van der Waals surface area (Å²) in [7, 11) is 0. The summed E-state index contributed by atoms with van der Waals surface area (Å²) in [6.07, 6.45) is 1.50. The van der Waals surface area contributed by atoms with Gasteiger partial charge in [-0.25, -0.2) is 20.4 Å². The molecule has 110 valence electrons. The average Bonchev–Trinajstić information content (AvgIpc) is 2.50. The first-order valence-electron chi connectivity index (χ1n) is 5.53. The van der Waals surface area contributed by atoms with Gasteiger partial charge in [0.15, 0.2) is 0 Å². The van der Waals surface area contributed by atoms with Crippen molar-refractivity contribution in [2.75, 3.05) is 0 Å². The summed E-state index contributed by atoms with van der Waals surface area (Å²) in [4.78, 5) is 16.7. The van der Waals surface area contributed by atoms with Crippen LogP contribution in [0.15, 0.2) is 60.7 Å². The van der Waals surface area contributed by atoms with Crippen molar-refractivity contribution in [3.05, 3.63) is 71.8 Å². The lowest BCUT2D eigenvalue weighted by Gasteiger charge is -2.09. The third kappa shape index (κ3) is 9.33. The standard InChI is InChI=1S/C13H11Cl.2CHNO.ClH/c14-13(11-7-3-1-4-8-11)12-9-5-2-6-10-12;2*2-1-3;/h1-10,13H;2*2H;1H. The van der Waals surface area contributed by atoms with Crippen LogP contribution in [-0.2, 0) is 9.59 Å². The monoisotopic (exact) mass is 324 g/mol. The number of alkyl halides is 1.